The monoisotopic (exact) mass is 379 g/mol. The van der Waals surface area contributed by atoms with Gasteiger partial charge in [0.05, 0.1) is 19.0 Å². The van der Waals surface area contributed by atoms with Gasteiger partial charge in [-0.3, -0.25) is 4.79 Å². The first-order chi connectivity index (χ1) is 13.7. The Morgan fingerprint density at radius 2 is 1.71 bits per heavy atom. The van der Waals surface area contributed by atoms with Crippen LogP contribution >= 0.6 is 0 Å². The SMILES string of the molecule is COc1cn(-c2ccccc2)nc1C(=O)OCC(=O)NCCc1ccccc1. The highest BCUT2D eigenvalue weighted by Gasteiger charge is 2.20. The highest BCUT2D eigenvalue weighted by molar-refractivity contribution is 5.92. The molecule has 7 heteroatoms. The largest absolute Gasteiger partial charge is 0.493 e. The fourth-order valence-electron chi connectivity index (χ4n) is 2.60. The van der Waals surface area contributed by atoms with Crippen molar-refractivity contribution in [3.63, 3.8) is 0 Å². The second-order valence-corrected chi connectivity index (χ2v) is 5.99. The number of amides is 1. The first-order valence-electron chi connectivity index (χ1n) is 8.84. The van der Waals surface area contributed by atoms with Gasteiger partial charge >= 0.3 is 5.97 Å². The minimum atomic E-state index is -0.718. The van der Waals surface area contributed by atoms with Crippen LogP contribution in [0, 0.1) is 0 Å². The molecular formula is C21H21N3O4. The number of methoxy groups -OCH3 is 1. The molecule has 28 heavy (non-hydrogen) atoms. The molecule has 1 aromatic heterocycles. The molecule has 0 aliphatic carbocycles. The van der Waals surface area contributed by atoms with Crippen LogP contribution in [-0.2, 0) is 16.0 Å². The van der Waals surface area contributed by atoms with Gasteiger partial charge in [-0.05, 0) is 24.1 Å². The van der Waals surface area contributed by atoms with E-state index in [1.807, 2.05) is 60.7 Å². The van der Waals surface area contributed by atoms with Gasteiger partial charge in [0, 0.05) is 6.54 Å². The van der Waals surface area contributed by atoms with E-state index in [0.717, 1.165) is 11.3 Å². The fourth-order valence-corrected chi connectivity index (χ4v) is 2.60. The fraction of sp³-hybridized carbons (Fsp3) is 0.190. The van der Waals surface area contributed by atoms with Crippen LogP contribution in [0.4, 0.5) is 0 Å². The average Bonchev–Trinajstić information content (AvgIpc) is 3.18. The first-order valence-corrected chi connectivity index (χ1v) is 8.84. The molecule has 144 valence electrons. The minimum Gasteiger partial charge on any atom is -0.493 e. The topological polar surface area (TPSA) is 82.5 Å². The van der Waals surface area contributed by atoms with E-state index in [9.17, 15) is 9.59 Å². The molecule has 0 bridgehead atoms. The zero-order valence-electron chi connectivity index (χ0n) is 15.5. The van der Waals surface area contributed by atoms with Crippen molar-refractivity contribution in [3.05, 3.63) is 78.1 Å². The molecule has 7 nitrogen and oxygen atoms in total. The lowest BCUT2D eigenvalue weighted by atomic mass is 10.1. The van der Waals surface area contributed by atoms with E-state index in [1.165, 1.54) is 11.8 Å². The lowest BCUT2D eigenvalue weighted by Crippen LogP contribution is -2.30. The number of ether oxygens (including phenoxy) is 2. The molecule has 2 aromatic carbocycles. The second kappa shape index (κ2) is 9.36. The van der Waals surface area contributed by atoms with Crippen molar-refractivity contribution in [2.24, 2.45) is 0 Å². The van der Waals surface area contributed by atoms with Crippen LogP contribution < -0.4 is 10.1 Å². The maximum absolute atomic E-state index is 12.3. The van der Waals surface area contributed by atoms with E-state index >= 15 is 0 Å². The molecule has 0 atom stereocenters. The highest BCUT2D eigenvalue weighted by Crippen LogP contribution is 2.20. The van der Waals surface area contributed by atoms with Crippen LogP contribution in [0.15, 0.2) is 66.9 Å². The van der Waals surface area contributed by atoms with Crippen LogP contribution in [0.2, 0.25) is 0 Å². The molecule has 1 heterocycles. The molecule has 0 unspecified atom stereocenters. The summed E-state index contributed by atoms with van der Waals surface area (Å²) < 4.78 is 11.8. The van der Waals surface area contributed by atoms with Crippen molar-refractivity contribution >= 4 is 11.9 Å². The highest BCUT2D eigenvalue weighted by atomic mass is 16.5. The number of nitrogens with one attached hydrogen (secondary N) is 1. The van der Waals surface area contributed by atoms with Crippen molar-refractivity contribution in [2.75, 3.05) is 20.3 Å². The number of para-hydroxylation sites is 1. The van der Waals surface area contributed by atoms with Gasteiger partial charge in [-0.1, -0.05) is 48.5 Å². The van der Waals surface area contributed by atoms with Crippen molar-refractivity contribution in [1.29, 1.82) is 0 Å². The third kappa shape index (κ3) is 4.97. The van der Waals surface area contributed by atoms with Crippen molar-refractivity contribution < 1.29 is 19.1 Å². The van der Waals surface area contributed by atoms with E-state index in [2.05, 4.69) is 10.4 Å². The van der Waals surface area contributed by atoms with Gasteiger partial charge < -0.3 is 14.8 Å². The summed E-state index contributed by atoms with van der Waals surface area (Å²) in [6.45, 7) is 0.0846. The normalized spacial score (nSPS) is 10.3. The Kier molecular flexibility index (Phi) is 6.41. The van der Waals surface area contributed by atoms with Gasteiger partial charge in [0.2, 0.25) is 5.69 Å². The molecule has 0 radical (unpaired) electrons. The second-order valence-electron chi connectivity index (χ2n) is 5.99. The zero-order chi connectivity index (χ0) is 19.8. The Morgan fingerprint density at radius 1 is 1.04 bits per heavy atom. The summed E-state index contributed by atoms with van der Waals surface area (Å²) in [6.07, 6.45) is 2.29. The number of benzene rings is 2. The molecule has 1 amide bonds. The number of aromatic nitrogens is 2. The molecule has 3 aromatic rings. The maximum Gasteiger partial charge on any atom is 0.363 e. The lowest BCUT2D eigenvalue weighted by Gasteiger charge is -2.06. The van der Waals surface area contributed by atoms with E-state index in [4.69, 9.17) is 9.47 Å². The summed E-state index contributed by atoms with van der Waals surface area (Å²) in [4.78, 5) is 24.2. The van der Waals surface area contributed by atoms with Crippen LogP contribution in [0.5, 0.6) is 5.75 Å². The molecule has 3 rings (SSSR count). The quantitative estimate of drug-likeness (QED) is 0.608. The van der Waals surface area contributed by atoms with E-state index < -0.39 is 5.97 Å². The molecule has 0 spiro atoms. The maximum atomic E-state index is 12.3. The van der Waals surface area contributed by atoms with Gasteiger partial charge in [-0.15, -0.1) is 0 Å². The van der Waals surface area contributed by atoms with Crippen LogP contribution in [0.25, 0.3) is 5.69 Å². The van der Waals surface area contributed by atoms with Crippen LogP contribution in [0.1, 0.15) is 16.1 Å². The van der Waals surface area contributed by atoms with Crippen LogP contribution in [0.3, 0.4) is 0 Å². The predicted octanol–water partition coefficient (Wildman–Crippen LogP) is 2.40. The molecule has 0 fully saturated rings. The Bertz CT molecular complexity index is 923. The van der Waals surface area contributed by atoms with Gasteiger partial charge in [0.1, 0.15) is 0 Å². The average molecular weight is 379 g/mol. The summed E-state index contributed by atoms with van der Waals surface area (Å²) >= 11 is 0. The van der Waals surface area contributed by atoms with Gasteiger partial charge in [-0.25, -0.2) is 9.48 Å². The first kappa shape index (κ1) is 19.2. The molecule has 1 N–H and O–H groups in total. The Labute approximate surface area is 162 Å². The van der Waals surface area contributed by atoms with Crippen LogP contribution in [-0.4, -0.2) is 41.9 Å². The minimum absolute atomic E-state index is 0.0171. The van der Waals surface area contributed by atoms with E-state index in [-0.39, 0.29) is 24.0 Å². The summed E-state index contributed by atoms with van der Waals surface area (Å²) in [7, 11) is 1.44. The summed E-state index contributed by atoms with van der Waals surface area (Å²) in [5.74, 6) is -0.811. The van der Waals surface area contributed by atoms with E-state index in [0.29, 0.717) is 13.0 Å². The number of hydrogen-bond donors (Lipinski definition) is 1. The Balaban J connectivity index is 1.53. The smallest absolute Gasteiger partial charge is 0.363 e. The number of nitrogens with zero attached hydrogens (tertiary/aromatic N) is 2. The standard InChI is InChI=1S/C21H21N3O4/c1-27-18-14-24(17-10-6-3-7-11-17)23-20(18)21(26)28-15-19(25)22-13-12-16-8-4-2-5-9-16/h2-11,14H,12-13,15H2,1H3,(H,22,25). The molecule has 0 aliphatic rings. The van der Waals surface area contributed by atoms with Gasteiger partial charge in [0.15, 0.2) is 12.4 Å². The molecule has 0 aliphatic heterocycles. The Hall–Kier alpha value is -3.61. The number of rotatable bonds is 8. The number of esters is 1. The van der Waals surface area contributed by atoms with Crippen molar-refractivity contribution in [1.82, 2.24) is 15.1 Å². The predicted molar refractivity (Wildman–Crippen MR) is 104 cm³/mol. The number of carbonyl (C=O) groups is 2. The van der Waals surface area contributed by atoms with Gasteiger partial charge in [-0.2, -0.15) is 5.10 Å². The third-order valence-electron chi connectivity index (χ3n) is 4.03. The third-order valence-corrected chi connectivity index (χ3v) is 4.03. The number of carbonyl (C=O) groups excluding carboxylic acids is 2. The summed E-state index contributed by atoms with van der Waals surface area (Å²) in [6, 6.07) is 19.1. The molecular weight excluding hydrogens is 358 g/mol. The van der Waals surface area contributed by atoms with Crippen molar-refractivity contribution in [3.8, 4) is 11.4 Å². The number of hydrogen-bond acceptors (Lipinski definition) is 5. The molecule has 0 saturated heterocycles. The van der Waals surface area contributed by atoms with Gasteiger partial charge in [0.25, 0.3) is 5.91 Å². The Morgan fingerprint density at radius 3 is 2.39 bits per heavy atom. The molecule has 0 saturated carbocycles. The zero-order valence-corrected chi connectivity index (χ0v) is 15.5. The summed E-state index contributed by atoms with van der Waals surface area (Å²) in [5, 5.41) is 6.94. The van der Waals surface area contributed by atoms with E-state index in [1.54, 1.807) is 6.20 Å². The summed E-state index contributed by atoms with van der Waals surface area (Å²) in [5.41, 5.74) is 1.91. The lowest BCUT2D eigenvalue weighted by molar-refractivity contribution is -0.124. The van der Waals surface area contributed by atoms with Crippen molar-refractivity contribution in [2.45, 2.75) is 6.42 Å².